The fourth-order valence-electron chi connectivity index (χ4n) is 5.52. The van der Waals surface area contributed by atoms with E-state index in [1.807, 2.05) is 24.1 Å². The van der Waals surface area contributed by atoms with Gasteiger partial charge in [0.05, 0.1) is 31.5 Å². The van der Waals surface area contributed by atoms with Crippen LogP contribution in [0.3, 0.4) is 0 Å². The van der Waals surface area contributed by atoms with Gasteiger partial charge in [-0.25, -0.2) is 0 Å². The number of piperidine rings is 1. The van der Waals surface area contributed by atoms with Crippen molar-refractivity contribution < 1.29 is 29.3 Å². The van der Waals surface area contributed by atoms with E-state index in [9.17, 15) is 4.79 Å². The zero-order valence-electron chi connectivity index (χ0n) is 22.0. The van der Waals surface area contributed by atoms with Crippen molar-refractivity contribution in [3.05, 3.63) is 53.3 Å². The van der Waals surface area contributed by atoms with Crippen molar-refractivity contribution in [2.75, 3.05) is 45.9 Å². The van der Waals surface area contributed by atoms with Crippen molar-refractivity contribution in [3.63, 3.8) is 0 Å². The molecule has 1 aromatic heterocycles. The molecule has 208 valence electrons. The number of nitrogens with zero attached hydrogens (tertiary/aromatic N) is 5. The number of hydrogen-bond donors (Lipinski definition) is 2. The number of carbonyl (C=O) groups is 3. The molecule has 5 rings (SSSR count). The first kappa shape index (κ1) is 29.3. The first-order valence-corrected chi connectivity index (χ1v) is 13.1. The second-order valence-electron chi connectivity index (χ2n) is 9.69. The average molecular weight is 530 g/mol. The molecule has 2 fully saturated rings. The summed E-state index contributed by atoms with van der Waals surface area (Å²) in [5.74, 6) is 0.199. The van der Waals surface area contributed by atoms with Crippen LogP contribution in [-0.2, 0) is 39.1 Å². The number of amides is 1. The van der Waals surface area contributed by atoms with Gasteiger partial charge in [0.15, 0.2) is 0 Å². The maximum absolute atomic E-state index is 13.6. The van der Waals surface area contributed by atoms with Gasteiger partial charge in [0.25, 0.3) is 12.9 Å². The summed E-state index contributed by atoms with van der Waals surface area (Å²) >= 11 is 0. The summed E-state index contributed by atoms with van der Waals surface area (Å²) in [6.45, 7) is 6.11. The van der Waals surface area contributed by atoms with Crippen molar-refractivity contribution in [3.8, 4) is 0 Å². The van der Waals surface area contributed by atoms with Crippen molar-refractivity contribution in [2.24, 2.45) is 7.05 Å². The van der Waals surface area contributed by atoms with Crippen LogP contribution in [0.4, 0.5) is 0 Å². The molecule has 2 atom stereocenters. The maximum atomic E-state index is 13.6. The zero-order chi connectivity index (χ0) is 27.3. The van der Waals surface area contributed by atoms with Gasteiger partial charge in [-0.3, -0.25) is 24.0 Å². The number of likely N-dealkylation sites (tertiary alicyclic amines) is 1. The molecule has 1 aromatic carbocycles. The number of benzene rings is 1. The smallest absolute Gasteiger partial charge is 0.290 e. The van der Waals surface area contributed by atoms with E-state index < -0.39 is 0 Å². The lowest BCUT2D eigenvalue weighted by Gasteiger charge is -2.44. The second-order valence-corrected chi connectivity index (χ2v) is 9.69. The summed E-state index contributed by atoms with van der Waals surface area (Å²) in [5, 5.41) is 18.2. The van der Waals surface area contributed by atoms with Gasteiger partial charge in [-0.2, -0.15) is 5.10 Å². The van der Waals surface area contributed by atoms with Crippen LogP contribution in [0, 0.1) is 0 Å². The Balaban J connectivity index is 0.000000611. The Bertz CT molecular complexity index is 1020. The lowest BCUT2D eigenvalue weighted by molar-refractivity contribution is -0.150. The molecule has 0 saturated carbocycles. The van der Waals surface area contributed by atoms with Gasteiger partial charge in [0.2, 0.25) is 5.91 Å². The molecular formula is C27H39N5O6. The maximum Gasteiger partial charge on any atom is 0.290 e. The van der Waals surface area contributed by atoms with Crippen molar-refractivity contribution in [2.45, 2.75) is 44.4 Å². The molecule has 0 spiro atoms. The van der Waals surface area contributed by atoms with Crippen molar-refractivity contribution in [1.29, 1.82) is 0 Å². The SMILES string of the molecule is Cn1cc([C@H]2[C@H](CN3CCCCC3)OCCN2C(=O)CN2CCc3ccccc3C2)cn1.O=CO.O=CO. The number of aryl methyl sites for hydroxylation is 1. The number of carboxylic acid groups (broad SMARTS) is 2. The molecule has 0 bridgehead atoms. The summed E-state index contributed by atoms with van der Waals surface area (Å²) in [7, 11) is 1.93. The normalized spacial score (nSPS) is 21.7. The number of fused-ring (bicyclic) bond motifs is 1. The monoisotopic (exact) mass is 529 g/mol. The predicted molar refractivity (Wildman–Crippen MR) is 141 cm³/mol. The van der Waals surface area contributed by atoms with Gasteiger partial charge in [-0.1, -0.05) is 30.7 Å². The summed E-state index contributed by atoms with van der Waals surface area (Å²) < 4.78 is 8.11. The minimum Gasteiger partial charge on any atom is -0.483 e. The highest BCUT2D eigenvalue weighted by atomic mass is 16.5. The fraction of sp³-hybridized carbons (Fsp3) is 0.556. The average Bonchev–Trinajstić information content (AvgIpc) is 3.36. The van der Waals surface area contributed by atoms with Crippen LogP contribution < -0.4 is 0 Å². The molecule has 3 aliphatic heterocycles. The van der Waals surface area contributed by atoms with Crippen LogP contribution in [0.5, 0.6) is 0 Å². The molecule has 11 heteroatoms. The van der Waals surface area contributed by atoms with Crippen LogP contribution >= 0.6 is 0 Å². The summed E-state index contributed by atoms with van der Waals surface area (Å²) in [4.78, 5) is 37.2. The van der Waals surface area contributed by atoms with Gasteiger partial charge in [0, 0.05) is 45.0 Å². The predicted octanol–water partition coefficient (Wildman–Crippen LogP) is 1.63. The van der Waals surface area contributed by atoms with E-state index in [2.05, 4.69) is 44.1 Å². The molecule has 2 aromatic rings. The number of morpholine rings is 1. The minimum absolute atomic E-state index is 0.0166. The number of carbonyl (C=O) groups excluding carboxylic acids is 1. The highest BCUT2D eigenvalue weighted by Gasteiger charge is 2.38. The topological polar surface area (TPSA) is 128 Å². The van der Waals surface area contributed by atoms with Gasteiger partial charge < -0.3 is 24.7 Å². The minimum atomic E-state index is -0.250. The molecule has 0 aliphatic carbocycles. The Labute approximate surface area is 223 Å². The third-order valence-corrected chi connectivity index (χ3v) is 7.19. The number of aromatic nitrogens is 2. The lowest BCUT2D eigenvalue weighted by atomic mass is 9.98. The fourth-order valence-corrected chi connectivity index (χ4v) is 5.52. The Hall–Kier alpha value is -3.28. The van der Waals surface area contributed by atoms with Gasteiger partial charge in [-0.15, -0.1) is 0 Å². The van der Waals surface area contributed by atoms with Crippen LogP contribution in [0.1, 0.15) is 42.0 Å². The van der Waals surface area contributed by atoms with Crippen LogP contribution in [0.25, 0.3) is 0 Å². The molecule has 4 heterocycles. The molecule has 1 amide bonds. The molecular weight excluding hydrogens is 490 g/mol. The van der Waals surface area contributed by atoms with Crippen LogP contribution in [0.15, 0.2) is 36.7 Å². The van der Waals surface area contributed by atoms with E-state index in [1.165, 1.54) is 30.4 Å². The molecule has 0 unspecified atom stereocenters. The zero-order valence-corrected chi connectivity index (χ0v) is 22.0. The third-order valence-electron chi connectivity index (χ3n) is 7.19. The van der Waals surface area contributed by atoms with Gasteiger partial charge >= 0.3 is 0 Å². The first-order valence-electron chi connectivity index (χ1n) is 13.1. The molecule has 3 aliphatic rings. The molecule has 38 heavy (non-hydrogen) atoms. The van der Waals surface area contributed by atoms with E-state index in [-0.39, 0.29) is 31.0 Å². The Morgan fingerprint density at radius 2 is 1.71 bits per heavy atom. The molecule has 2 saturated heterocycles. The summed E-state index contributed by atoms with van der Waals surface area (Å²) in [6.07, 6.45) is 8.76. The van der Waals surface area contributed by atoms with Crippen molar-refractivity contribution >= 4 is 18.9 Å². The van der Waals surface area contributed by atoms with Crippen molar-refractivity contribution in [1.82, 2.24) is 24.5 Å². The van der Waals surface area contributed by atoms with E-state index in [0.29, 0.717) is 19.7 Å². The standard InChI is InChI=1S/C25H35N5O2.2CH2O2/c1-27-16-22(15-26-27)25-23(18-28-10-5-2-6-11-28)32-14-13-30(25)24(31)19-29-12-9-20-7-3-4-8-21(20)17-29;2*2-1-3/h3-4,7-8,15-16,23,25H,2,5-6,9-14,17-19H2,1H3;2*1H,(H,2,3)/t23-,25-;;/m0../s1. The lowest BCUT2D eigenvalue weighted by Crippen LogP contribution is -2.54. The molecule has 0 radical (unpaired) electrons. The summed E-state index contributed by atoms with van der Waals surface area (Å²) in [6, 6.07) is 8.52. The highest BCUT2D eigenvalue weighted by molar-refractivity contribution is 5.79. The molecule has 2 N–H and O–H groups in total. The Morgan fingerprint density at radius 1 is 1.03 bits per heavy atom. The van der Waals surface area contributed by atoms with E-state index in [0.717, 1.165) is 44.7 Å². The number of hydrogen-bond acceptors (Lipinski definition) is 7. The quantitative estimate of drug-likeness (QED) is 0.556. The Morgan fingerprint density at radius 3 is 2.37 bits per heavy atom. The van der Waals surface area contributed by atoms with E-state index in [4.69, 9.17) is 24.5 Å². The largest absolute Gasteiger partial charge is 0.483 e. The summed E-state index contributed by atoms with van der Waals surface area (Å²) in [5.41, 5.74) is 3.84. The van der Waals surface area contributed by atoms with E-state index >= 15 is 0 Å². The van der Waals surface area contributed by atoms with Crippen LogP contribution in [-0.4, -0.2) is 106 Å². The third kappa shape index (κ3) is 8.11. The number of rotatable bonds is 5. The van der Waals surface area contributed by atoms with Gasteiger partial charge in [-0.05, 0) is 43.5 Å². The van der Waals surface area contributed by atoms with E-state index in [1.54, 1.807) is 0 Å². The second kappa shape index (κ2) is 15.2. The molecule has 11 nitrogen and oxygen atoms in total. The first-order chi connectivity index (χ1) is 18.5. The Kier molecular flexibility index (Phi) is 11.7. The van der Waals surface area contributed by atoms with Crippen LogP contribution in [0.2, 0.25) is 0 Å². The number of ether oxygens (including phenoxy) is 1. The highest BCUT2D eigenvalue weighted by Crippen LogP contribution is 2.31. The van der Waals surface area contributed by atoms with Gasteiger partial charge in [0.1, 0.15) is 0 Å².